The molecule has 1 aromatic carbocycles. The molecule has 14 heavy (non-hydrogen) atoms. The maximum absolute atomic E-state index is 5.39. The van der Waals surface area contributed by atoms with Crippen molar-refractivity contribution in [3.63, 3.8) is 0 Å². The highest BCUT2D eigenvalue weighted by Gasteiger charge is 2.13. The van der Waals surface area contributed by atoms with Crippen LogP contribution in [-0.2, 0) is 10.5 Å². The van der Waals surface area contributed by atoms with Crippen molar-refractivity contribution in [1.29, 1.82) is 0 Å². The third-order valence-corrected chi connectivity index (χ3v) is 3.60. The molecule has 1 saturated heterocycles. The second kappa shape index (κ2) is 5.42. The topological polar surface area (TPSA) is 9.23 Å². The van der Waals surface area contributed by atoms with Gasteiger partial charge in [0.2, 0.25) is 0 Å². The van der Waals surface area contributed by atoms with Crippen molar-refractivity contribution < 1.29 is 4.74 Å². The zero-order chi connectivity index (χ0) is 9.64. The molecule has 1 heterocycles. The van der Waals surface area contributed by atoms with Gasteiger partial charge in [0.15, 0.2) is 0 Å². The van der Waals surface area contributed by atoms with E-state index in [4.69, 9.17) is 4.74 Å². The molecule has 0 spiro atoms. The van der Waals surface area contributed by atoms with Gasteiger partial charge in [0.25, 0.3) is 0 Å². The zero-order valence-corrected chi connectivity index (χ0v) is 9.00. The Kier molecular flexibility index (Phi) is 3.90. The Morgan fingerprint density at radius 2 is 2.14 bits per heavy atom. The molecule has 1 unspecified atom stereocenters. The Labute approximate surface area is 89.9 Å². The number of rotatable bonds is 3. The van der Waals surface area contributed by atoms with Gasteiger partial charge in [-0.1, -0.05) is 30.3 Å². The van der Waals surface area contributed by atoms with Crippen LogP contribution in [0.15, 0.2) is 30.3 Å². The molecule has 2 heteroatoms. The van der Waals surface area contributed by atoms with Gasteiger partial charge in [0.1, 0.15) is 0 Å². The third-order valence-electron chi connectivity index (χ3n) is 2.30. The first-order chi connectivity index (χ1) is 6.95. The van der Waals surface area contributed by atoms with E-state index in [2.05, 4.69) is 36.8 Å². The molecule has 2 rings (SSSR count). The maximum Gasteiger partial charge on any atom is 0.0585 e. The average molecular weight is 207 g/mol. The van der Waals surface area contributed by atoms with Crippen LogP contribution in [-0.4, -0.2) is 18.5 Å². The second-order valence-electron chi connectivity index (χ2n) is 3.48. The molecule has 75 valence electrons. The van der Waals surface area contributed by atoms with E-state index in [0.29, 0.717) is 5.25 Å². The summed E-state index contributed by atoms with van der Waals surface area (Å²) in [5, 5.41) is 0.656. The van der Waals surface area contributed by atoms with Gasteiger partial charge in [-0.2, -0.15) is 11.8 Å². The van der Waals surface area contributed by atoms with E-state index in [0.717, 1.165) is 19.0 Å². The highest BCUT2D eigenvalue weighted by atomic mass is 32.2. The maximum atomic E-state index is 5.39. The van der Waals surface area contributed by atoms with Gasteiger partial charge in [-0.3, -0.25) is 0 Å². The van der Waals surface area contributed by atoms with Crippen LogP contribution in [0, 0.1) is 6.42 Å². The van der Waals surface area contributed by atoms with Crippen molar-refractivity contribution in [2.24, 2.45) is 0 Å². The van der Waals surface area contributed by atoms with E-state index in [9.17, 15) is 0 Å². The van der Waals surface area contributed by atoms with Gasteiger partial charge >= 0.3 is 0 Å². The molecule has 0 bridgehead atoms. The highest BCUT2D eigenvalue weighted by Crippen LogP contribution is 2.23. The van der Waals surface area contributed by atoms with E-state index in [1.54, 1.807) is 0 Å². The standard InChI is InChI=1S/C12H15OS/c1-2-5-11(6-3-1)10-14-12-7-4-8-13-9-12/h1-6,12H,7-10H2. The Morgan fingerprint density at radius 3 is 2.86 bits per heavy atom. The minimum Gasteiger partial charge on any atom is -0.380 e. The van der Waals surface area contributed by atoms with Crippen molar-refractivity contribution in [2.45, 2.75) is 17.4 Å². The third kappa shape index (κ3) is 3.03. The molecule has 0 aromatic heterocycles. The minimum absolute atomic E-state index is 0.656. The fourth-order valence-corrected chi connectivity index (χ4v) is 2.59. The Hall–Kier alpha value is -0.470. The van der Waals surface area contributed by atoms with Crippen LogP contribution in [0.5, 0.6) is 0 Å². The van der Waals surface area contributed by atoms with Crippen molar-refractivity contribution in [3.05, 3.63) is 42.3 Å². The summed E-state index contributed by atoms with van der Waals surface area (Å²) < 4.78 is 5.39. The predicted octanol–water partition coefficient (Wildman–Crippen LogP) is 2.91. The summed E-state index contributed by atoms with van der Waals surface area (Å²) in [6.45, 7) is 1.75. The fraction of sp³-hybridized carbons (Fsp3) is 0.417. The molecular weight excluding hydrogens is 192 g/mol. The number of benzene rings is 1. The number of thioether (sulfide) groups is 1. The van der Waals surface area contributed by atoms with Crippen LogP contribution in [0.2, 0.25) is 0 Å². The van der Waals surface area contributed by atoms with Crippen molar-refractivity contribution >= 4 is 11.8 Å². The first-order valence-corrected chi connectivity index (χ1v) is 6.05. The predicted molar refractivity (Wildman–Crippen MR) is 61.3 cm³/mol. The van der Waals surface area contributed by atoms with Gasteiger partial charge < -0.3 is 4.74 Å². The van der Waals surface area contributed by atoms with Gasteiger partial charge in [-0.05, 0) is 18.4 Å². The van der Waals surface area contributed by atoms with E-state index < -0.39 is 0 Å². The second-order valence-corrected chi connectivity index (χ2v) is 4.77. The number of hydrogen-bond acceptors (Lipinski definition) is 2. The molecule has 1 radical (unpaired) electrons. The molecule has 1 aromatic rings. The average Bonchev–Trinajstić information content (AvgIpc) is 2.29. The molecule has 1 nitrogen and oxygen atoms in total. The lowest BCUT2D eigenvalue weighted by molar-refractivity contribution is 0.131. The zero-order valence-electron chi connectivity index (χ0n) is 8.19. The van der Waals surface area contributed by atoms with Crippen LogP contribution in [0.1, 0.15) is 12.0 Å². The van der Waals surface area contributed by atoms with Crippen molar-refractivity contribution in [1.82, 2.24) is 0 Å². The summed E-state index contributed by atoms with van der Waals surface area (Å²) in [5.74, 6) is 1.10. The van der Waals surface area contributed by atoms with Gasteiger partial charge in [-0.15, -0.1) is 0 Å². The van der Waals surface area contributed by atoms with Crippen molar-refractivity contribution in [2.75, 3.05) is 13.2 Å². The van der Waals surface area contributed by atoms with Gasteiger partial charge in [-0.25, -0.2) is 0 Å². The van der Waals surface area contributed by atoms with Crippen LogP contribution < -0.4 is 0 Å². The molecule has 0 saturated carbocycles. The molecule has 1 fully saturated rings. The highest BCUT2D eigenvalue weighted by molar-refractivity contribution is 7.99. The SMILES string of the molecule is [CH]1COCC(SCc2ccccc2)C1. The first-order valence-electron chi connectivity index (χ1n) is 5.00. The molecule has 0 amide bonds. The largest absolute Gasteiger partial charge is 0.380 e. The molecule has 1 aliphatic heterocycles. The summed E-state index contributed by atoms with van der Waals surface area (Å²) in [5.41, 5.74) is 1.41. The molecule has 0 N–H and O–H groups in total. The van der Waals surface area contributed by atoms with E-state index in [1.807, 2.05) is 11.8 Å². The summed E-state index contributed by atoms with van der Waals surface area (Å²) in [6.07, 6.45) is 3.42. The Bertz CT molecular complexity index is 254. The lowest BCUT2D eigenvalue weighted by atomic mass is 10.2. The molecule has 1 aliphatic rings. The quantitative estimate of drug-likeness (QED) is 0.753. The number of hydrogen-bond donors (Lipinski definition) is 0. The smallest absolute Gasteiger partial charge is 0.0585 e. The Morgan fingerprint density at radius 1 is 1.29 bits per heavy atom. The lowest BCUT2D eigenvalue weighted by Crippen LogP contribution is -2.19. The molecule has 0 aliphatic carbocycles. The minimum atomic E-state index is 0.656. The lowest BCUT2D eigenvalue weighted by Gasteiger charge is -2.21. The number of ether oxygens (including phenoxy) is 1. The summed E-state index contributed by atoms with van der Waals surface area (Å²) in [6, 6.07) is 10.6. The van der Waals surface area contributed by atoms with Crippen LogP contribution >= 0.6 is 11.8 Å². The fourth-order valence-electron chi connectivity index (χ4n) is 1.51. The first kappa shape index (κ1) is 10.1. The molecule has 1 atom stereocenters. The summed E-state index contributed by atoms with van der Waals surface area (Å²) in [4.78, 5) is 0. The van der Waals surface area contributed by atoms with Crippen molar-refractivity contribution in [3.8, 4) is 0 Å². The van der Waals surface area contributed by atoms with Gasteiger partial charge in [0.05, 0.1) is 6.61 Å². The Balaban J connectivity index is 1.76. The summed E-state index contributed by atoms with van der Waals surface area (Å²) in [7, 11) is 0. The van der Waals surface area contributed by atoms with Gasteiger partial charge in [0, 0.05) is 17.6 Å². The van der Waals surface area contributed by atoms with E-state index in [-0.39, 0.29) is 0 Å². The summed E-state index contributed by atoms with van der Waals surface area (Å²) >= 11 is 1.99. The molecular formula is C12H15OS. The van der Waals surface area contributed by atoms with Crippen LogP contribution in [0.3, 0.4) is 0 Å². The normalized spacial score (nSPS) is 22.1. The monoisotopic (exact) mass is 207 g/mol. The van der Waals surface area contributed by atoms with Crippen LogP contribution in [0.25, 0.3) is 0 Å². The van der Waals surface area contributed by atoms with E-state index in [1.165, 1.54) is 12.0 Å². The van der Waals surface area contributed by atoms with Crippen LogP contribution in [0.4, 0.5) is 0 Å². The van der Waals surface area contributed by atoms with E-state index >= 15 is 0 Å².